The summed E-state index contributed by atoms with van der Waals surface area (Å²) in [4.78, 5) is 8.83. The van der Waals surface area contributed by atoms with Crippen molar-refractivity contribution in [1.29, 1.82) is 0 Å². The first-order valence-corrected chi connectivity index (χ1v) is 1.86. The van der Waals surface area contributed by atoms with Crippen LogP contribution in [0.1, 0.15) is 0 Å². The summed E-state index contributed by atoms with van der Waals surface area (Å²) in [5, 5.41) is 0.806. The summed E-state index contributed by atoms with van der Waals surface area (Å²) >= 11 is 0. The maximum absolute atomic E-state index is 9.06. The van der Waals surface area contributed by atoms with Gasteiger partial charge in [0.1, 0.15) is 0 Å². The van der Waals surface area contributed by atoms with E-state index in [2.05, 4.69) is 0 Å². The van der Waals surface area contributed by atoms with Gasteiger partial charge in [0, 0.05) is 5.23 Å². The number of hydrogen-bond acceptors (Lipinski definition) is 3. The van der Waals surface area contributed by atoms with E-state index in [0.717, 1.165) is 5.23 Å². The molecule has 0 rings (SSSR count). The zero-order chi connectivity index (χ0) is 4.28. The Labute approximate surface area is 30.5 Å². The van der Waals surface area contributed by atoms with Crippen molar-refractivity contribution in [2.45, 2.75) is 0 Å². The molecule has 0 atom stereocenters. The van der Waals surface area contributed by atoms with E-state index in [4.69, 9.17) is 13.6 Å². The second-order valence-corrected chi connectivity index (χ2v) is 0.997. The second kappa shape index (κ2) is 1.96. The summed E-state index contributed by atoms with van der Waals surface area (Å²) < 4.78 is 16.5. The molecule has 5 heavy (non-hydrogen) atoms. The van der Waals surface area contributed by atoms with E-state index in [-0.39, 0.29) is 0 Å². The Balaban J connectivity index is 4.22. The fourth-order valence-corrected chi connectivity index (χ4v) is 0. The lowest BCUT2D eigenvalue weighted by Crippen LogP contribution is -1.60. The topological polar surface area (TPSA) is 54.4 Å². The van der Waals surface area contributed by atoms with Gasteiger partial charge in [0.25, 0.3) is 0 Å². The molecule has 3 nitrogen and oxygen atoms in total. The molecule has 0 saturated carbocycles. The van der Waals surface area contributed by atoms with Crippen LogP contribution in [0.2, 0.25) is 0 Å². The quantitative estimate of drug-likeness (QED) is 0.249. The Morgan fingerprint density at radius 3 is 2.00 bits per heavy atom. The Hall–Kier alpha value is -0.310. The van der Waals surface area contributed by atoms with Crippen molar-refractivity contribution < 1.29 is 13.6 Å². The molecule has 0 fully saturated rings. The van der Waals surface area contributed by atoms with Crippen molar-refractivity contribution in [3.8, 4) is 0 Å². The lowest BCUT2D eigenvalue weighted by atomic mass is 11.9. The molecule has 1 N–H and O–H groups in total. The van der Waals surface area contributed by atoms with Crippen LogP contribution in [0.5, 0.6) is 0 Å². The Bertz CT molecular complexity index is 104. The highest BCUT2D eigenvalue weighted by Gasteiger charge is 1.31. The van der Waals surface area contributed by atoms with Gasteiger partial charge in [-0.1, -0.05) is 10.7 Å². The van der Waals surface area contributed by atoms with E-state index in [1.54, 1.807) is 0 Å². The van der Waals surface area contributed by atoms with Crippen LogP contribution in [0.4, 0.5) is 0 Å². The Morgan fingerprint density at radius 2 is 2.00 bits per heavy atom. The number of carbonyl (C=O) groups excluding carboxylic acids is 1. The average Bonchev–Trinajstić information content (AvgIpc) is 1.38. The van der Waals surface area contributed by atoms with Crippen molar-refractivity contribution in [1.82, 2.24) is 0 Å². The summed E-state index contributed by atoms with van der Waals surface area (Å²) in [6, 6.07) is 0. The van der Waals surface area contributed by atoms with Crippen LogP contribution in [0.3, 0.4) is 0 Å². The largest absolute Gasteiger partial charge is 0.459 e. The highest BCUT2D eigenvalue weighted by molar-refractivity contribution is 7.77. The minimum absolute atomic E-state index is 0.806. The third-order valence-electron chi connectivity index (χ3n) is 0.0713. The Kier molecular flexibility index (Phi) is 1.84. The van der Waals surface area contributed by atoms with Gasteiger partial charge in [-0.25, -0.2) is 0 Å². The van der Waals surface area contributed by atoms with E-state index < -0.39 is 10.7 Å². The van der Waals surface area contributed by atoms with Crippen molar-refractivity contribution in [2.75, 3.05) is 0 Å². The maximum Gasteiger partial charge on any atom is 0.0340 e. The van der Waals surface area contributed by atoms with Crippen LogP contribution in [-0.2, 0) is 19.7 Å². The third kappa shape index (κ3) is 3.69. The number of rotatable bonds is 0. The van der Waals surface area contributed by atoms with Crippen molar-refractivity contribution in [3.63, 3.8) is 0 Å². The molecule has 0 aromatic carbocycles. The molecule has 0 radical (unpaired) electrons. The standard InChI is InChI=1S/CHO3S/c2-1-5(3)4/h(H,3,4)/q-1. The zero-order valence-corrected chi connectivity index (χ0v) is 2.99. The van der Waals surface area contributed by atoms with Crippen molar-refractivity contribution in [3.05, 3.63) is 0 Å². The predicted molar refractivity (Wildman–Crippen MR) is 16.4 cm³/mol. The van der Waals surface area contributed by atoms with Gasteiger partial charge in [0.2, 0.25) is 0 Å². The van der Waals surface area contributed by atoms with Crippen molar-refractivity contribution >= 4 is 15.9 Å². The summed E-state index contributed by atoms with van der Waals surface area (Å²) in [5.41, 5.74) is 0. The molecule has 0 spiro atoms. The fourth-order valence-electron chi connectivity index (χ4n) is 0. The summed E-state index contributed by atoms with van der Waals surface area (Å²) in [5.74, 6) is 0. The number of hydrogen-bond donors (Lipinski definition) is 1. The average molecular weight is 93.1 g/mol. The van der Waals surface area contributed by atoms with E-state index >= 15 is 0 Å². The SMILES string of the molecule is O=C=[S-](=O)O. The molecule has 0 aliphatic carbocycles. The molecule has 0 aliphatic rings. The minimum atomic E-state index is -2.38. The molecule has 0 bridgehead atoms. The molecule has 0 aromatic heterocycles. The summed E-state index contributed by atoms with van der Waals surface area (Å²) in [7, 11) is -2.38. The van der Waals surface area contributed by atoms with Crippen LogP contribution < -0.4 is 0 Å². The molecule has 0 aromatic rings. The molecule has 0 amide bonds. The van der Waals surface area contributed by atoms with Gasteiger partial charge < -0.3 is 8.76 Å². The Morgan fingerprint density at radius 1 is 1.80 bits per heavy atom. The highest BCUT2D eigenvalue weighted by atomic mass is 32.2. The van der Waals surface area contributed by atoms with Gasteiger partial charge in [0.15, 0.2) is 0 Å². The van der Waals surface area contributed by atoms with Gasteiger partial charge in [0.05, 0.1) is 0 Å². The monoisotopic (exact) mass is 93.0 g/mol. The van der Waals surface area contributed by atoms with Crippen LogP contribution in [0.15, 0.2) is 0 Å². The molecule has 0 aliphatic heterocycles. The van der Waals surface area contributed by atoms with Crippen LogP contribution in [-0.4, -0.2) is 9.79 Å². The van der Waals surface area contributed by atoms with Crippen LogP contribution in [0, 0.1) is 0 Å². The van der Waals surface area contributed by atoms with E-state index in [1.165, 1.54) is 0 Å². The summed E-state index contributed by atoms with van der Waals surface area (Å²) in [6.07, 6.45) is 0. The second-order valence-electron chi connectivity index (χ2n) is 0.332. The van der Waals surface area contributed by atoms with E-state index in [0.29, 0.717) is 0 Å². The van der Waals surface area contributed by atoms with Gasteiger partial charge in [-0.15, -0.1) is 0 Å². The molecule has 0 saturated heterocycles. The first-order chi connectivity index (χ1) is 2.27. The van der Waals surface area contributed by atoms with Crippen LogP contribution in [0.25, 0.3) is 0 Å². The fraction of sp³-hybridized carbons (Fsp3) is 0. The summed E-state index contributed by atoms with van der Waals surface area (Å²) in [6.45, 7) is 0. The molecular weight excluding hydrogens is 92.1 g/mol. The van der Waals surface area contributed by atoms with Crippen LogP contribution >= 0.6 is 0 Å². The smallest absolute Gasteiger partial charge is 0.0340 e. The predicted octanol–water partition coefficient (Wildman–Crippen LogP) is -0.510. The van der Waals surface area contributed by atoms with E-state index in [1.807, 2.05) is 0 Å². The van der Waals surface area contributed by atoms with Gasteiger partial charge in [-0.2, -0.15) is 0 Å². The normalized spacial score (nSPS) is 7.60. The minimum Gasteiger partial charge on any atom is -0.459 e. The molecule has 4 heteroatoms. The van der Waals surface area contributed by atoms with Gasteiger partial charge >= 0.3 is 0 Å². The molecule has 30 valence electrons. The highest BCUT2D eigenvalue weighted by Crippen LogP contribution is 1.34. The van der Waals surface area contributed by atoms with E-state index in [9.17, 15) is 0 Å². The van der Waals surface area contributed by atoms with Crippen molar-refractivity contribution in [2.24, 2.45) is 0 Å². The first-order valence-electron chi connectivity index (χ1n) is 0.757. The zero-order valence-electron chi connectivity index (χ0n) is 2.17. The molecular formula is CHO3S-. The lowest BCUT2D eigenvalue weighted by Gasteiger charge is -1.67. The van der Waals surface area contributed by atoms with Gasteiger partial charge in [-0.05, 0) is 0 Å². The van der Waals surface area contributed by atoms with Gasteiger partial charge in [-0.3, -0.25) is 4.79 Å². The maximum atomic E-state index is 9.06. The molecule has 0 heterocycles. The molecule has 0 unspecified atom stereocenters. The third-order valence-corrected chi connectivity index (χ3v) is 0.214. The lowest BCUT2D eigenvalue weighted by molar-refractivity contribution is 0.526. The first kappa shape index (κ1) is 4.69.